The molecule has 0 spiro atoms. The molecule has 0 aliphatic heterocycles. The number of benzene rings is 2. The number of thiophene rings is 1. The highest BCUT2D eigenvalue weighted by molar-refractivity contribution is 7.13. The van der Waals surface area contributed by atoms with Crippen LogP contribution >= 0.6 is 11.3 Å². The summed E-state index contributed by atoms with van der Waals surface area (Å²) in [6, 6.07) is 21.6. The summed E-state index contributed by atoms with van der Waals surface area (Å²) in [5.41, 5.74) is 3.23. The molecular weight excluding hydrogens is 386 g/mol. The molecule has 7 heteroatoms. The van der Waals surface area contributed by atoms with Gasteiger partial charge in [-0.25, -0.2) is 4.79 Å². The Bertz CT molecular complexity index is 1150. The normalized spacial score (nSPS) is 11.9. The van der Waals surface area contributed by atoms with Crippen molar-refractivity contribution < 1.29 is 9.21 Å². The van der Waals surface area contributed by atoms with Gasteiger partial charge in [0, 0.05) is 0 Å². The quantitative estimate of drug-likeness (QED) is 0.524. The van der Waals surface area contributed by atoms with E-state index in [2.05, 4.69) is 22.5 Å². The molecular formula is C22H19N3O3S. The molecule has 1 atom stereocenters. The van der Waals surface area contributed by atoms with Crippen LogP contribution in [0.15, 0.2) is 81.3 Å². The van der Waals surface area contributed by atoms with Crippen LogP contribution in [-0.2, 0) is 11.3 Å². The Hall–Kier alpha value is -3.45. The Balaban J connectivity index is 1.40. The third-order valence-electron chi connectivity index (χ3n) is 4.53. The maximum Gasteiger partial charge on any atom is 0.437 e. The van der Waals surface area contributed by atoms with Crippen LogP contribution in [0.4, 0.5) is 0 Å². The second kappa shape index (κ2) is 8.28. The van der Waals surface area contributed by atoms with Crippen LogP contribution in [0, 0.1) is 0 Å². The maximum absolute atomic E-state index is 12.4. The zero-order chi connectivity index (χ0) is 20.2. The summed E-state index contributed by atoms with van der Waals surface area (Å²) in [6.07, 6.45) is 0. The highest BCUT2D eigenvalue weighted by Crippen LogP contribution is 2.22. The monoisotopic (exact) mass is 405 g/mol. The zero-order valence-electron chi connectivity index (χ0n) is 15.7. The van der Waals surface area contributed by atoms with Crippen molar-refractivity contribution in [3.8, 4) is 21.9 Å². The molecule has 0 unspecified atom stereocenters. The molecule has 6 nitrogen and oxygen atoms in total. The topological polar surface area (TPSA) is 77.1 Å². The van der Waals surface area contributed by atoms with E-state index in [0.29, 0.717) is 0 Å². The van der Waals surface area contributed by atoms with E-state index in [1.54, 1.807) is 0 Å². The first-order chi connectivity index (χ1) is 14.1. The van der Waals surface area contributed by atoms with E-state index in [1.807, 2.05) is 66.9 Å². The van der Waals surface area contributed by atoms with Gasteiger partial charge < -0.3 is 9.73 Å². The van der Waals surface area contributed by atoms with Gasteiger partial charge in [-0.15, -0.1) is 16.4 Å². The first-order valence-corrected chi connectivity index (χ1v) is 10.0. The van der Waals surface area contributed by atoms with Crippen molar-refractivity contribution in [3.05, 3.63) is 88.2 Å². The van der Waals surface area contributed by atoms with Gasteiger partial charge in [0.1, 0.15) is 6.54 Å². The van der Waals surface area contributed by atoms with Crippen LogP contribution in [0.1, 0.15) is 18.5 Å². The van der Waals surface area contributed by atoms with Crippen molar-refractivity contribution in [2.24, 2.45) is 0 Å². The average molecular weight is 405 g/mol. The highest BCUT2D eigenvalue weighted by Gasteiger charge is 2.16. The van der Waals surface area contributed by atoms with Gasteiger partial charge in [0.2, 0.25) is 5.91 Å². The maximum atomic E-state index is 12.4. The van der Waals surface area contributed by atoms with E-state index in [9.17, 15) is 9.59 Å². The van der Waals surface area contributed by atoms with E-state index in [-0.39, 0.29) is 24.4 Å². The predicted molar refractivity (Wildman–Crippen MR) is 113 cm³/mol. The fourth-order valence-electron chi connectivity index (χ4n) is 3.01. The van der Waals surface area contributed by atoms with Gasteiger partial charge in [0.15, 0.2) is 0 Å². The highest BCUT2D eigenvalue weighted by atomic mass is 32.1. The van der Waals surface area contributed by atoms with Gasteiger partial charge >= 0.3 is 5.76 Å². The molecule has 0 saturated carbocycles. The van der Waals surface area contributed by atoms with E-state index in [4.69, 9.17) is 4.42 Å². The van der Waals surface area contributed by atoms with Crippen LogP contribution in [-0.4, -0.2) is 15.7 Å². The number of hydrogen-bond acceptors (Lipinski definition) is 5. The fourth-order valence-corrected chi connectivity index (χ4v) is 3.65. The van der Waals surface area contributed by atoms with Gasteiger partial charge in [-0.1, -0.05) is 60.7 Å². The third kappa shape index (κ3) is 4.35. The molecule has 2 aromatic heterocycles. The molecule has 1 amide bonds. The smallest absolute Gasteiger partial charge is 0.387 e. The van der Waals surface area contributed by atoms with E-state index in [1.165, 1.54) is 11.3 Å². The Labute approximate surface area is 171 Å². The number of hydrogen-bond donors (Lipinski definition) is 1. The second-order valence-electron chi connectivity index (χ2n) is 6.59. The summed E-state index contributed by atoms with van der Waals surface area (Å²) < 4.78 is 6.17. The standard InChI is InChI=1S/C22H19N3O3S/c1-15(16-9-11-18(12-10-16)17-6-3-2-4-7-17)23-20(26)14-25-22(27)28-21(24-25)19-8-5-13-29-19/h2-13,15H,14H2,1H3,(H,23,26)/t15-/m0/s1. The molecule has 0 saturated heterocycles. The van der Waals surface area contributed by atoms with E-state index < -0.39 is 5.76 Å². The average Bonchev–Trinajstić information content (AvgIpc) is 3.39. The molecule has 0 bridgehead atoms. The first-order valence-electron chi connectivity index (χ1n) is 9.17. The van der Waals surface area contributed by atoms with Gasteiger partial charge in [-0.05, 0) is 35.1 Å². The lowest BCUT2D eigenvalue weighted by molar-refractivity contribution is -0.122. The zero-order valence-corrected chi connectivity index (χ0v) is 16.6. The lowest BCUT2D eigenvalue weighted by Gasteiger charge is -2.14. The van der Waals surface area contributed by atoms with Crippen molar-refractivity contribution in [3.63, 3.8) is 0 Å². The molecule has 1 N–H and O–H groups in total. The van der Waals surface area contributed by atoms with Crippen LogP contribution in [0.3, 0.4) is 0 Å². The van der Waals surface area contributed by atoms with Crippen molar-refractivity contribution in [2.45, 2.75) is 19.5 Å². The molecule has 0 aliphatic rings. The molecule has 0 aliphatic carbocycles. The number of rotatable bonds is 6. The first kappa shape index (κ1) is 18.9. The van der Waals surface area contributed by atoms with Crippen molar-refractivity contribution >= 4 is 17.2 Å². The van der Waals surface area contributed by atoms with Crippen LogP contribution in [0.25, 0.3) is 21.9 Å². The van der Waals surface area contributed by atoms with E-state index >= 15 is 0 Å². The molecule has 2 aromatic carbocycles. The SMILES string of the molecule is C[C@H](NC(=O)Cn1nc(-c2cccs2)oc1=O)c1ccc(-c2ccccc2)cc1. The lowest BCUT2D eigenvalue weighted by atomic mass is 10.0. The van der Waals surface area contributed by atoms with Crippen molar-refractivity contribution in [1.82, 2.24) is 15.1 Å². The molecule has 146 valence electrons. The number of aromatic nitrogens is 2. The summed E-state index contributed by atoms with van der Waals surface area (Å²) >= 11 is 1.42. The molecule has 29 heavy (non-hydrogen) atoms. The van der Waals surface area contributed by atoms with Crippen LogP contribution in [0.2, 0.25) is 0 Å². The number of carbonyl (C=O) groups is 1. The Morgan fingerprint density at radius 2 is 1.79 bits per heavy atom. The number of nitrogens with zero attached hydrogens (tertiary/aromatic N) is 2. The van der Waals surface area contributed by atoms with E-state index in [0.717, 1.165) is 26.2 Å². The molecule has 2 heterocycles. The summed E-state index contributed by atoms with van der Waals surface area (Å²) in [7, 11) is 0. The molecule has 0 radical (unpaired) electrons. The number of nitrogens with one attached hydrogen (secondary N) is 1. The molecule has 4 aromatic rings. The minimum Gasteiger partial charge on any atom is -0.387 e. The third-order valence-corrected chi connectivity index (χ3v) is 5.38. The van der Waals surface area contributed by atoms with Gasteiger partial charge in [-0.3, -0.25) is 4.79 Å². The Morgan fingerprint density at radius 1 is 1.07 bits per heavy atom. The molecule has 0 fully saturated rings. The number of amides is 1. The van der Waals surface area contributed by atoms with Crippen LogP contribution in [0.5, 0.6) is 0 Å². The minimum atomic E-state index is -0.650. The van der Waals surface area contributed by atoms with Gasteiger partial charge in [-0.2, -0.15) is 4.68 Å². The van der Waals surface area contributed by atoms with Crippen LogP contribution < -0.4 is 11.1 Å². The van der Waals surface area contributed by atoms with Gasteiger partial charge in [0.25, 0.3) is 5.89 Å². The lowest BCUT2D eigenvalue weighted by Crippen LogP contribution is -2.33. The summed E-state index contributed by atoms with van der Waals surface area (Å²) in [4.78, 5) is 25.1. The molecule has 4 rings (SSSR count). The van der Waals surface area contributed by atoms with Gasteiger partial charge in [0.05, 0.1) is 10.9 Å². The number of carbonyl (C=O) groups excluding carboxylic acids is 1. The summed E-state index contributed by atoms with van der Waals surface area (Å²) in [5, 5.41) is 8.87. The Kier molecular flexibility index (Phi) is 5.39. The Morgan fingerprint density at radius 3 is 2.48 bits per heavy atom. The van der Waals surface area contributed by atoms with Crippen molar-refractivity contribution in [2.75, 3.05) is 0 Å². The summed E-state index contributed by atoms with van der Waals surface area (Å²) in [5.74, 6) is -0.733. The second-order valence-corrected chi connectivity index (χ2v) is 7.53. The summed E-state index contributed by atoms with van der Waals surface area (Å²) in [6.45, 7) is 1.71. The fraction of sp³-hybridized carbons (Fsp3) is 0.136. The minimum absolute atomic E-state index is 0.194. The van der Waals surface area contributed by atoms with Crippen molar-refractivity contribution in [1.29, 1.82) is 0 Å². The predicted octanol–water partition coefficient (Wildman–Crippen LogP) is 4.11. The largest absolute Gasteiger partial charge is 0.437 e.